The third kappa shape index (κ3) is 10.1. The molecule has 0 unspecified atom stereocenters. The first-order valence-corrected chi connectivity index (χ1v) is 34.4. The van der Waals surface area contributed by atoms with E-state index in [1.165, 1.54) is 154 Å². The van der Waals surface area contributed by atoms with Crippen molar-refractivity contribution < 1.29 is 0 Å². The average Bonchev–Trinajstić information content (AvgIpc) is 1.56. The Hall–Kier alpha value is -13.3. The largest absolute Gasteiger partial charge is 0.309 e. The van der Waals surface area contributed by atoms with Gasteiger partial charge in [0.15, 0.2) is 0 Å². The molecule has 0 bridgehead atoms. The van der Waals surface area contributed by atoms with Gasteiger partial charge < -0.3 is 18.3 Å². The van der Waals surface area contributed by atoms with Crippen molar-refractivity contribution in [3.63, 3.8) is 0 Å². The number of benzene rings is 16. The van der Waals surface area contributed by atoms with Crippen LogP contribution in [0.25, 0.3) is 177 Å². The molecular formula is C96H64N4. The summed E-state index contributed by atoms with van der Waals surface area (Å²) >= 11 is 0. The van der Waals surface area contributed by atoms with Gasteiger partial charge in [0.2, 0.25) is 0 Å². The SMILES string of the molecule is c1ccc(-c2ccc(-n3c4ccccc4c4cc5c(cc43)c3ccc(-c4ccccc4)cc3n5-c3ccc(-c4ccccc4)cc3)cc2)cc1.c1ccc(-c2ccc(-n3c4ccccc4c4cc5c(cc43)c3ccc(-c4ccccc4)cc3n5-c3cccc(-c4ccccc4)c3)cc2)cc1. The van der Waals surface area contributed by atoms with Crippen LogP contribution in [0.5, 0.6) is 0 Å². The maximum Gasteiger partial charge on any atom is 0.0548 e. The zero-order chi connectivity index (χ0) is 66.0. The van der Waals surface area contributed by atoms with E-state index in [9.17, 15) is 0 Å². The van der Waals surface area contributed by atoms with Gasteiger partial charge in [0.1, 0.15) is 0 Å². The summed E-state index contributed by atoms with van der Waals surface area (Å²) in [7, 11) is 0. The van der Waals surface area contributed by atoms with E-state index >= 15 is 0 Å². The minimum Gasteiger partial charge on any atom is -0.309 e. The molecule has 4 nitrogen and oxygen atoms in total. The lowest BCUT2D eigenvalue weighted by atomic mass is 10.0. The lowest BCUT2D eigenvalue weighted by Gasteiger charge is -2.12. The molecule has 0 N–H and O–H groups in total. The molecule has 20 aromatic rings. The average molecular weight is 1270 g/mol. The van der Waals surface area contributed by atoms with Gasteiger partial charge in [-0.25, -0.2) is 0 Å². The van der Waals surface area contributed by atoms with Crippen molar-refractivity contribution in [1.82, 2.24) is 18.3 Å². The molecule has 0 aliphatic carbocycles. The number of para-hydroxylation sites is 2. The molecule has 0 saturated carbocycles. The van der Waals surface area contributed by atoms with Gasteiger partial charge in [0.25, 0.3) is 0 Å². The Kier molecular flexibility index (Phi) is 14.2. The standard InChI is InChI=1S/2C48H32N2/c1-4-13-33(14-5-1)36-23-26-39(27-24-36)49-45-22-11-10-21-41(45)43-31-48-44(32-47(43)49)42-28-25-38(35-17-8-3-9-18-35)30-46(42)50(48)40-20-12-19-37(29-40)34-15-6-2-7-16-34;1-4-12-33(13-5-1)36-20-25-39(26-21-36)49-45-19-11-10-18-41(45)43-31-48-44(32-47(43)49)42-29-24-38(35-16-8-3-9-17-35)30-46(42)50(48)40-27-22-37(23-28-40)34-14-6-2-7-15-34/h2*1-32H. The molecule has 100 heavy (non-hydrogen) atoms. The molecule has 0 aliphatic heterocycles. The van der Waals surface area contributed by atoms with Crippen molar-refractivity contribution in [3.8, 4) is 89.5 Å². The Morgan fingerprint density at radius 3 is 0.660 bits per heavy atom. The van der Waals surface area contributed by atoms with Crippen molar-refractivity contribution in [1.29, 1.82) is 0 Å². The van der Waals surface area contributed by atoms with Crippen LogP contribution in [0.4, 0.5) is 0 Å². The van der Waals surface area contributed by atoms with Gasteiger partial charge in [-0.2, -0.15) is 0 Å². The Labute approximate surface area is 579 Å². The molecule has 0 aliphatic rings. The summed E-state index contributed by atoms with van der Waals surface area (Å²) in [6.07, 6.45) is 0. The van der Waals surface area contributed by atoms with Crippen molar-refractivity contribution in [3.05, 3.63) is 388 Å². The minimum absolute atomic E-state index is 1.15. The third-order valence-electron chi connectivity index (χ3n) is 20.2. The lowest BCUT2D eigenvalue weighted by Crippen LogP contribution is -1.95. The van der Waals surface area contributed by atoms with Gasteiger partial charge in [-0.3, -0.25) is 0 Å². The van der Waals surface area contributed by atoms with Gasteiger partial charge >= 0.3 is 0 Å². The van der Waals surface area contributed by atoms with E-state index in [0.29, 0.717) is 0 Å². The summed E-state index contributed by atoms with van der Waals surface area (Å²) in [5, 5.41) is 9.94. The lowest BCUT2D eigenvalue weighted by molar-refractivity contribution is 1.17. The zero-order valence-electron chi connectivity index (χ0n) is 54.7. The second kappa shape index (κ2) is 24.4. The van der Waals surface area contributed by atoms with E-state index in [0.717, 1.165) is 22.7 Å². The third-order valence-corrected chi connectivity index (χ3v) is 20.2. The van der Waals surface area contributed by atoms with Crippen LogP contribution < -0.4 is 0 Å². The van der Waals surface area contributed by atoms with E-state index < -0.39 is 0 Å². The number of aromatic nitrogens is 4. The molecule has 468 valence electrons. The summed E-state index contributed by atoms with van der Waals surface area (Å²) in [4.78, 5) is 0. The van der Waals surface area contributed by atoms with Crippen LogP contribution in [0.1, 0.15) is 0 Å². The van der Waals surface area contributed by atoms with Gasteiger partial charge in [-0.15, -0.1) is 0 Å². The number of rotatable bonds is 10. The second-order valence-corrected chi connectivity index (χ2v) is 26.0. The van der Waals surface area contributed by atoms with Crippen molar-refractivity contribution in [2.24, 2.45) is 0 Å². The highest BCUT2D eigenvalue weighted by Gasteiger charge is 2.22. The molecule has 4 aromatic heterocycles. The predicted molar refractivity (Wildman–Crippen MR) is 423 cm³/mol. The van der Waals surface area contributed by atoms with Gasteiger partial charge in [0, 0.05) is 65.8 Å². The summed E-state index contributed by atoms with van der Waals surface area (Å²) in [6, 6.07) is 141. The number of fused-ring (bicyclic) bond motifs is 12. The molecule has 16 aromatic carbocycles. The first kappa shape index (κ1) is 58.1. The fraction of sp³-hybridized carbons (Fsp3) is 0. The fourth-order valence-electron chi connectivity index (χ4n) is 15.4. The molecule has 4 heterocycles. The number of nitrogens with zero attached hydrogens (tertiary/aromatic N) is 4. The molecular weight excluding hydrogens is 1210 g/mol. The first-order chi connectivity index (χ1) is 49.6. The van der Waals surface area contributed by atoms with Crippen LogP contribution in [0.15, 0.2) is 388 Å². The van der Waals surface area contributed by atoms with Gasteiger partial charge in [-0.1, -0.05) is 291 Å². The van der Waals surface area contributed by atoms with E-state index in [1.807, 2.05) is 0 Å². The summed E-state index contributed by atoms with van der Waals surface area (Å²) in [5.41, 5.74) is 28.8. The fourth-order valence-corrected chi connectivity index (χ4v) is 15.4. The van der Waals surface area contributed by atoms with Crippen LogP contribution in [-0.2, 0) is 0 Å². The maximum atomic E-state index is 2.46. The number of hydrogen-bond donors (Lipinski definition) is 0. The molecule has 0 amide bonds. The molecule has 0 atom stereocenters. The van der Waals surface area contributed by atoms with Crippen molar-refractivity contribution in [2.45, 2.75) is 0 Å². The van der Waals surface area contributed by atoms with Crippen LogP contribution in [-0.4, -0.2) is 18.3 Å². The molecule has 0 saturated heterocycles. The Balaban J connectivity index is 0.000000139. The van der Waals surface area contributed by atoms with Crippen LogP contribution in [0.2, 0.25) is 0 Å². The van der Waals surface area contributed by atoms with E-state index in [-0.39, 0.29) is 0 Å². The molecule has 0 spiro atoms. The Bertz CT molecular complexity index is 6430. The molecule has 20 rings (SSSR count). The van der Waals surface area contributed by atoms with E-state index in [2.05, 4.69) is 407 Å². The molecule has 4 heteroatoms. The maximum absolute atomic E-state index is 2.46. The topological polar surface area (TPSA) is 19.7 Å². The monoisotopic (exact) mass is 1270 g/mol. The van der Waals surface area contributed by atoms with Crippen molar-refractivity contribution in [2.75, 3.05) is 0 Å². The van der Waals surface area contributed by atoms with Gasteiger partial charge in [-0.05, 0) is 164 Å². The highest BCUT2D eigenvalue weighted by atomic mass is 15.0. The van der Waals surface area contributed by atoms with Gasteiger partial charge in [0.05, 0.1) is 44.1 Å². The highest BCUT2D eigenvalue weighted by Crippen LogP contribution is 2.44. The zero-order valence-corrected chi connectivity index (χ0v) is 54.7. The predicted octanol–water partition coefficient (Wildman–Crippen LogP) is 25.8. The highest BCUT2D eigenvalue weighted by molar-refractivity contribution is 6.21. The molecule has 0 fully saturated rings. The first-order valence-electron chi connectivity index (χ1n) is 34.4. The number of hydrogen-bond acceptors (Lipinski definition) is 0. The van der Waals surface area contributed by atoms with E-state index in [1.54, 1.807) is 0 Å². The smallest absolute Gasteiger partial charge is 0.0548 e. The quantitative estimate of drug-likeness (QED) is 0.130. The normalized spacial score (nSPS) is 11.6. The van der Waals surface area contributed by atoms with Crippen LogP contribution in [0, 0.1) is 0 Å². The van der Waals surface area contributed by atoms with Crippen LogP contribution in [0.3, 0.4) is 0 Å². The Morgan fingerprint density at radius 1 is 0.110 bits per heavy atom. The molecule has 0 radical (unpaired) electrons. The van der Waals surface area contributed by atoms with Crippen LogP contribution >= 0.6 is 0 Å². The minimum atomic E-state index is 1.15. The van der Waals surface area contributed by atoms with E-state index in [4.69, 9.17) is 0 Å². The second-order valence-electron chi connectivity index (χ2n) is 26.0. The summed E-state index contributed by atoms with van der Waals surface area (Å²) in [6.45, 7) is 0. The summed E-state index contributed by atoms with van der Waals surface area (Å²) in [5.74, 6) is 0. The van der Waals surface area contributed by atoms with Crippen molar-refractivity contribution >= 4 is 87.2 Å². The summed E-state index contributed by atoms with van der Waals surface area (Å²) < 4.78 is 9.77. The Morgan fingerprint density at radius 2 is 0.330 bits per heavy atom.